The van der Waals surface area contributed by atoms with Gasteiger partial charge in [0.05, 0.1) is 6.54 Å². The van der Waals surface area contributed by atoms with Crippen molar-refractivity contribution in [2.24, 2.45) is 4.99 Å². The number of guanidine groups is 1. The van der Waals surface area contributed by atoms with E-state index in [-0.39, 0.29) is 24.0 Å². The molecule has 8 heteroatoms. The lowest BCUT2D eigenvalue weighted by Crippen LogP contribution is -2.49. The van der Waals surface area contributed by atoms with Crippen LogP contribution in [0.2, 0.25) is 0 Å². The van der Waals surface area contributed by atoms with Gasteiger partial charge in [-0.2, -0.15) is 0 Å². The molecule has 2 fully saturated rings. The van der Waals surface area contributed by atoms with Crippen LogP contribution in [0.4, 0.5) is 0 Å². The molecule has 2 heterocycles. The molecular formula is C17H32IN7. The van der Waals surface area contributed by atoms with Gasteiger partial charge in [-0.1, -0.05) is 6.92 Å². The van der Waals surface area contributed by atoms with Crippen LogP contribution in [0.15, 0.2) is 11.3 Å². The van der Waals surface area contributed by atoms with Crippen molar-refractivity contribution in [1.82, 2.24) is 30.3 Å². The predicted molar refractivity (Wildman–Crippen MR) is 112 cm³/mol. The summed E-state index contributed by atoms with van der Waals surface area (Å²) in [7, 11) is 0. The monoisotopic (exact) mass is 461 g/mol. The quantitative estimate of drug-likeness (QED) is 0.367. The molecule has 1 aromatic heterocycles. The topological polar surface area (TPSA) is 70.4 Å². The van der Waals surface area contributed by atoms with Crippen molar-refractivity contribution in [3.05, 3.63) is 12.2 Å². The Labute approximate surface area is 168 Å². The van der Waals surface area contributed by atoms with E-state index in [0.29, 0.717) is 6.04 Å². The minimum absolute atomic E-state index is 0. The van der Waals surface area contributed by atoms with Crippen LogP contribution >= 0.6 is 24.0 Å². The number of aryl methyl sites for hydroxylation is 1. The highest BCUT2D eigenvalue weighted by Crippen LogP contribution is 2.29. The summed E-state index contributed by atoms with van der Waals surface area (Å²) in [5.74, 6) is 1.96. The van der Waals surface area contributed by atoms with E-state index in [0.717, 1.165) is 43.9 Å². The van der Waals surface area contributed by atoms with Gasteiger partial charge in [-0.15, -0.1) is 34.2 Å². The predicted octanol–water partition coefficient (Wildman–Crippen LogP) is 1.64. The lowest BCUT2D eigenvalue weighted by atomic mass is 10.1. The molecule has 1 aliphatic heterocycles. The zero-order valence-corrected chi connectivity index (χ0v) is 17.8. The number of nitrogens with zero attached hydrogens (tertiary/aromatic N) is 5. The molecule has 0 aromatic carbocycles. The third-order valence-electron chi connectivity index (χ3n) is 4.90. The van der Waals surface area contributed by atoms with Gasteiger partial charge in [0.25, 0.3) is 0 Å². The van der Waals surface area contributed by atoms with Gasteiger partial charge in [0.2, 0.25) is 0 Å². The van der Waals surface area contributed by atoms with Crippen LogP contribution in [-0.4, -0.2) is 63.9 Å². The third-order valence-corrected chi connectivity index (χ3v) is 4.90. The van der Waals surface area contributed by atoms with Gasteiger partial charge >= 0.3 is 0 Å². The Morgan fingerprint density at radius 2 is 2.00 bits per heavy atom. The summed E-state index contributed by atoms with van der Waals surface area (Å²) in [6.07, 6.45) is 7.94. The van der Waals surface area contributed by atoms with Gasteiger partial charge in [-0.25, -0.2) is 0 Å². The van der Waals surface area contributed by atoms with Gasteiger partial charge in [0.1, 0.15) is 12.2 Å². The second kappa shape index (κ2) is 10.3. The highest BCUT2D eigenvalue weighted by molar-refractivity contribution is 14.0. The fourth-order valence-electron chi connectivity index (χ4n) is 3.37. The molecule has 1 aromatic rings. The summed E-state index contributed by atoms with van der Waals surface area (Å²) < 4.78 is 2.08. The maximum absolute atomic E-state index is 4.73. The fourth-order valence-corrected chi connectivity index (χ4v) is 3.37. The zero-order valence-electron chi connectivity index (χ0n) is 15.4. The van der Waals surface area contributed by atoms with Crippen LogP contribution in [0.3, 0.4) is 0 Å². The summed E-state index contributed by atoms with van der Waals surface area (Å²) in [5.41, 5.74) is 0. The van der Waals surface area contributed by atoms with E-state index in [1.54, 1.807) is 6.33 Å². The molecule has 7 nitrogen and oxygen atoms in total. The number of nitrogens with one attached hydrogen (secondary N) is 2. The molecule has 0 amide bonds. The highest BCUT2D eigenvalue weighted by atomic mass is 127. The van der Waals surface area contributed by atoms with Crippen molar-refractivity contribution in [3.8, 4) is 0 Å². The summed E-state index contributed by atoms with van der Waals surface area (Å²) >= 11 is 0. The first-order valence-corrected chi connectivity index (χ1v) is 9.45. The van der Waals surface area contributed by atoms with E-state index in [1.165, 1.54) is 38.8 Å². The molecule has 2 aliphatic rings. The van der Waals surface area contributed by atoms with Gasteiger partial charge < -0.3 is 20.1 Å². The number of aromatic nitrogens is 3. The summed E-state index contributed by atoms with van der Waals surface area (Å²) in [6.45, 7) is 9.11. The lowest BCUT2D eigenvalue weighted by molar-refractivity contribution is 0.197. The summed E-state index contributed by atoms with van der Waals surface area (Å²) in [4.78, 5) is 7.38. The largest absolute Gasteiger partial charge is 0.357 e. The van der Waals surface area contributed by atoms with Crippen LogP contribution in [0.1, 0.15) is 45.4 Å². The molecule has 25 heavy (non-hydrogen) atoms. The van der Waals surface area contributed by atoms with Crippen molar-refractivity contribution in [3.63, 3.8) is 0 Å². The average molecular weight is 461 g/mol. The van der Waals surface area contributed by atoms with Crippen molar-refractivity contribution in [1.29, 1.82) is 0 Å². The van der Waals surface area contributed by atoms with Gasteiger partial charge in [-0.05, 0) is 32.6 Å². The first kappa shape index (κ1) is 20.4. The standard InChI is InChI=1S/C17H31N7.HI/c1-3-16-22-20-13-24(16)12-9-19-17(18-4-2)21-14-7-10-23(11-8-14)15-5-6-15;/h13-15H,3-12H2,1-2H3,(H2,18,19,21);1H. The van der Waals surface area contributed by atoms with Gasteiger partial charge in [0.15, 0.2) is 5.96 Å². The van der Waals surface area contributed by atoms with Crippen LogP contribution < -0.4 is 10.6 Å². The number of hydrogen-bond donors (Lipinski definition) is 2. The van der Waals surface area contributed by atoms with Crippen LogP contribution in [0.25, 0.3) is 0 Å². The molecule has 1 saturated heterocycles. The number of piperidine rings is 1. The molecule has 1 saturated carbocycles. The molecule has 0 atom stereocenters. The Balaban J connectivity index is 0.00000225. The van der Waals surface area contributed by atoms with Gasteiger partial charge in [0, 0.05) is 44.7 Å². The van der Waals surface area contributed by atoms with E-state index in [9.17, 15) is 0 Å². The maximum Gasteiger partial charge on any atom is 0.191 e. The molecule has 142 valence electrons. The molecule has 3 rings (SSSR count). The van der Waals surface area contributed by atoms with Crippen molar-refractivity contribution >= 4 is 29.9 Å². The molecule has 1 aliphatic carbocycles. The second-order valence-corrected chi connectivity index (χ2v) is 6.74. The molecule has 2 N–H and O–H groups in total. The number of aliphatic imine (C=N–C) groups is 1. The summed E-state index contributed by atoms with van der Waals surface area (Å²) in [5, 5.41) is 15.1. The summed E-state index contributed by atoms with van der Waals surface area (Å²) in [6, 6.07) is 1.43. The zero-order chi connectivity index (χ0) is 16.8. The Hall–Kier alpha value is -0.900. The van der Waals surface area contributed by atoms with E-state index in [2.05, 4.69) is 44.1 Å². The van der Waals surface area contributed by atoms with E-state index in [4.69, 9.17) is 4.99 Å². The Kier molecular flexibility index (Phi) is 8.41. The molecular weight excluding hydrogens is 429 g/mol. The number of hydrogen-bond acceptors (Lipinski definition) is 4. The minimum atomic E-state index is 0. The average Bonchev–Trinajstić information content (AvgIpc) is 3.35. The Morgan fingerprint density at radius 3 is 2.64 bits per heavy atom. The van der Waals surface area contributed by atoms with E-state index in [1.807, 2.05) is 0 Å². The normalized spacial score (nSPS) is 19.5. The van der Waals surface area contributed by atoms with Crippen LogP contribution in [0.5, 0.6) is 0 Å². The van der Waals surface area contributed by atoms with Gasteiger partial charge in [-0.3, -0.25) is 4.99 Å². The first-order chi connectivity index (χ1) is 11.8. The SMILES string of the molecule is CCNC(=NCCn1cnnc1CC)NC1CCN(C2CC2)CC1.I. The molecule has 0 bridgehead atoms. The molecule has 0 unspecified atom stereocenters. The number of rotatable bonds is 7. The van der Waals surface area contributed by atoms with Crippen molar-refractivity contribution < 1.29 is 0 Å². The Morgan fingerprint density at radius 1 is 1.24 bits per heavy atom. The molecule has 0 radical (unpaired) electrons. The van der Waals surface area contributed by atoms with Crippen molar-refractivity contribution in [2.45, 2.75) is 64.6 Å². The van der Waals surface area contributed by atoms with E-state index < -0.39 is 0 Å². The van der Waals surface area contributed by atoms with Crippen LogP contribution in [-0.2, 0) is 13.0 Å². The second-order valence-electron chi connectivity index (χ2n) is 6.74. The molecule has 0 spiro atoms. The number of halogens is 1. The smallest absolute Gasteiger partial charge is 0.191 e. The van der Waals surface area contributed by atoms with Crippen molar-refractivity contribution in [2.75, 3.05) is 26.2 Å². The highest BCUT2D eigenvalue weighted by Gasteiger charge is 2.31. The van der Waals surface area contributed by atoms with E-state index >= 15 is 0 Å². The lowest BCUT2D eigenvalue weighted by Gasteiger charge is -2.33. The fraction of sp³-hybridized carbons (Fsp3) is 0.824. The third kappa shape index (κ3) is 6.09. The first-order valence-electron chi connectivity index (χ1n) is 9.45. The maximum atomic E-state index is 4.73. The minimum Gasteiger partial charge on any atom is -0.357 e. The number of likely N-dealkylation sites (tertiary alicyclic amines) is 1. The van der Waals surface area contributed by atoms with Crippen LogP contribution in [0, 0.1) is 0 Å². The Bertz CT molecular complexity index is 533.